The number of anilines is 2. The summed E-state index contributed by atoms with van der Waals surface area (Å²) in [6.07, 6.45) is 3.32. The van der Waals surface area contributed by atoms with E-state index < -0.39 is 27.8 Å². The molecule has 1 aliphatic carbocycles. The van der Waals surface area contributed by atoms with E-state index in [9.17, 15) is 23.3 Å². The fourth-order valence-electron chi connectivity index (χ4n) is 5.73. The van der Waals surface area contributed by atoms with E-state index >= 15 is 0 Å². The smallest absolute Gasteiger partial charge is 0.255 e. The lowest BCUT2D eigenvalue weighted by molar-refractivity contribution is -0.117. The lowest BCUT2D eigenvalue weighted by Crippen LogP contribution is -2.33. The molecule has 9 nitrogen and oxygen atoms in total. The molecule has 3 atom stereocenters. The fraction of sp³-hybridized carbons (Fsp3) is 0.419. The average molecular weight is 656 g/mol. The van der Waals surface area contributed by atoms with Gasteiger partial charge in [0, 0.05) is 39.4 Å². The number of hydrogen-bond donors (Lipinski definition) is 2. The third-order valence-corrected chi connectivity index (χ3v) is 9.69. The number of ketones is 1. The number of halogens is 1. The van der Waals surface area contributed by atoms with Crippen LogP contribution in [-0.2, 0) is 14.8 Å². The van der Waals surface area contributed by atoms with Gasteiger partial charge in [-0.3, -0.25) is 19.3 Å². The molecule has 0 saturated heterocycles. The Hall–Kier alpha value is -3.49. The zero-order valence-electron chi connectivity index (χ0n) is 24.2. The average Bonchev–Trinajstić information content (AvgIpc) is 2.93. The number of carbonyl (C=O) groups is 2. The number of aliphatic imine (C=N–C) groups is 1. The summed E-state index contributed by atoms with van der Waals surface area (Å²) in [7, 11) is -2.27. The summed E-state index contributed by atoms with van der Waals surface area (Å²) in [6.45, 7) is 5.64. The van der Waals surface area contributed by atoms with Crippen LogP contribution in [0.3, 0.4) is 0 Å². The number of carbonyl (C=O) groups excluding carboxylic acids is 2. The summed E-state index contributed by atoms with van der Waals surface area (Å²) in [5.74, 6) is -1.26. The Morgan fingerprint density at radius 1 is 1.19 bits per heavy atom. The Labute approximate surface area is 255 Å². The van der Waals surface area contributed by atoms with E-state index in [1.54, 1.807) is 50.2 Å². The number of ether oxygens (including phenoxy) is 1. The predicted octanol–water partition coefficient (Wildman–Crippen LogP) is 6.59. The SMILES string of the molecule is CCCC1CC(=O)C2=C(C1)N=C(C)C(C#N)C2c1cc(Br)c(NC(=O)c2cccc(OC)c2)c(NS(=O)(=O)CCC)c1. The van der Waals surface area contributed by atoms with Crippen molar-refractivity contribution >= 4 is 54.7 Å². The first kappa shape index (κ1) is 31.4. The summed E-state index contributed by atoms with van der Waals surface area (Å²) in [5, 5.41) is 13.0. The van der Waals surface area contributed by atoms with Crippen molar-refractivity contribution in [3.8, 4) is 11.8 Å². The van der Waals surface area contributed by atoms with Crippen LogP contribution in [0.25, 0.3) is 0 Å². The van der Waals surface area contributed by atoms with E-state index in [4.69, 9.17) is 9.73 Å². The molecule has 0 fully saturated rings. The highest BCUT2D eigenvalue weighted by Crippen LogP contribution is 2.47. The minimum absolute atomic E-state index is 0.0316. The molecule has 2 aromatic rings. The van der Waals surface area contributed by atoms with Crippen molar-refractivity contribution in [1.29, 1.82) is 5.26 Å². The van der Waals surface area contributed by atoms with E-state index in [2.05, 4.69) is 39.0 Å². The minimum atomic E-state index is -3.77. The first-order chi connectivity index (χ1) is 20.0. The number of benzene rings is 2. The van der Waals surface area contributed by atoms with Crippen LogP contribution >= 0.6 is 15.9 Å². The molecule has 3 unspecified atom stereocenters. The predicted molar refractivity (Wildman–Crippen MR) is 167 cm³/mol. The normalized spacial score (nSPS) is 20.3. The zero-order chi connectivity index (χ0) is 30.6. The molecule has 0 saturated carbocycles. The van der Waals surface area contributed by atoms with Gasteiger partial charge < -0.3 is 10.1 Å². The van der Waals surface area contributed by atoms with E-state index in [0.717, 1.165) is 12.8 Å². The van der Waals surface area contributed by atoms with Gasteiger partial charge in [-0.2, -0.15) is 5.26 Å². The van der Waals surface area contributed by atoms with Crippen molar-refractivity contribution in [3.05, 3.63) is 63.3 Å². The van der Waals surface area contributed by atoms with Crippen LogP contribution in [-0.4, -0.2) is 38.7 Å². The van der Waals surface area contributed by atoms with Crippen LogP contribution in [0.15, 0.2) is 57.1 Å². The first-order valence-electron chi connectivity index (χ1n) is 14.0. The number of allylic oxidation sites excluding steroid dienone is 2. The van der Waals surface area contributed by atoms with Crippen LogP contribution < -0.4 is 14.8 Å². The third-order valence-electron chi connectivity index (χ3n) is 7.59. The molecule has 2 N–H and O–H groups in total. The molecular weight excluding hydrogens is 620 g/mol. The molecule has 1 amide bonds. The molecule has 42 heavy (non-hydrogen) atoms. The van der Waals surface area contributed by atoms with Crippen molar-refractivity contribution in [2.24, 2.45) is 16.8 Å². The van der Waals surface area contributed by atoms with Crippen LogP contribution in [0.2, 0.25) is 0 Å². The Bertz CT molecular complexity index is 1610. The Balaban J connectivity index is 1.84. The number of rotatable bonds is 10. The van der Waals surface area contributed by atoms with Gasteiger partial charge in [0.2, 0.25) is 10.0 Å². The van der Waals surface area contributed by atoms with Crippen LogP contribution in [0.4, 0.5) is 11.4 Å². The maximum absolute atomic E-state index is 13.5. The lowest BCUT2D eigenvalue weighted by atomic mass is 9.70. The van der Waals surface area contributed by atoms with Gasteiger partial charge in [-0.05, 0) is 83.9 Å². The number of amides is 1. The molecule has 2 aromatic carbocycles. The van der Waals surface area contributed by atoms with Crippen LogP contribution in [0.1, 0.15) is 74.7 Å². The molecule has 0 bridgehead atoms. The molecule has 1 heterocycles. The molecule has 1 aliphatic heterocycles. The maximum atomic E-state index is 13.5. The third kappa shape index (κ3) is 6.76. The van der Waals surface area contributed by atoms with Gasteiger partial charge in [-0.1, -0.05) is 26.3 Å². The first-order valence-corrected chi connectivity index (χ1v) is 16.5. The second kappa shape index (κ2) is 13.2. The van der Waals surface area contributed by atoms with Gasteiger partial charge in [0.1, 0.15) is 5.75 Å². The summed E-state index contributed by atoms with van der Waals surface area (Å²) < 4.78 is 34.2. The van der Waals surface area contributed by atoms with Crippen molar-refractivity contribution in [1.82, 2.24) is 0 Å². The van der Waals surface area contributed by atoms with Crippen molar-refractivity contribution in [3.63, 3.8) is 0 Å². The molecular formula is C31H35BrN4O5S. The number of nitrogens with zero attached hydrogens (tertiary/aromatic N) is 2. The topological polar surface area (TPSA) is 138 Å². The highest BCUT2D eigenvalue weighted by molar-refractivity contribution is 9.10. The number of nitrogens with one attached hydrogen (secondary N) is 2. The molecule has 11 heteroatoms. The molecule has 0 radical (unpaired) electrons. The number of nitriles is 1. The van der Waals surface area contributed by atoms with Crippen LogP contribution in [0.5, 0.6) is 5.75 Å². The van der Waals surface area contributed by atoms with Crippen molar-refractivity contribution in [2.45, 2.75) is 58.8 Å². The maximum Gasteiger partial charge on any atom is 0.255 e. The summed E-state index contributed by atoms with van der Waals surface area (Å²) in [6, 6.07) is 12.3. The van der Waals surface area contributed by atoms with Gasteiger partial charge in [-0.25, -0.2) is 8.42 Å². The molecule has 222 valence electrons. The number of methoxy groups -OCH3 is 1. The second-order valence-corrected chi connectivity index (χ2v) is 13.4. The highest BCUT2D eigenvalue weighted by Gasteiger charge is 2.41. The second-order valence-electron chi connectivity index (χ2n) is 10.7. The van der Waals surface area contributed by atoms with Gasteiger partial charge >= 0.3 is 0 Å². The summed E-state index contributed by atoms with van der Waals surface area (Å²) in [4.78, 5) is 31.5. The van der Waals surface area contributed by atoms with E-state index in [-0.39, 0.29) is 28.8 Å². The number of Topliss-reactive ketones (excluding diaryl/α,β-unsaturated/α-hetero) is 1. The lowest BCUT2D eigenvalue weighted by Gasteiger charge is -2.35. The number of sulfonamides is 1. The van der Waals surface area contributed by atoms with Crippen molar-refractivity contribution in [2.75, 3.05) is 22.9 Å². The standard InChI is InChI=1S/C31H35BrN4O5S/c1-5-8-19-12-25-29(27(37)13-19)28(23(17-33)18(3)34-25)21-15-24(32)30(26(16-21)36-42(39,40)11-6-2)35-31(38)20-9-7-10-22(14-20)41-4/h7,9-10,14-16,19,23,28,36H,5-6,8,11-13H2,1-4H3,(H,35,38). The summed E-state index contributed by atoms with van der Waals surface area (Å²) in [5.41, 5.74) is 3.08. The number of hydrogen-bond acceptors (Lipinski definition) is 7. The Morgan fingerprint density at radius 3 is 2.62 bits per heavy atom. The van der Waals surface area contributed by atoms with E-state index in [0.29, 0.717) is 57.6 Å². The zero-order valence-corrected chi connectivity index (χ0v) is 26.6. The molecule has 0 aromatic heterocycles. The van der Waals surface area contributed by atoms with Gasteiger partial charge in [0.15, 0.2) is 5.78 Å². The Kier molecular flexibility index (Phi) is 9.89. The Morgan fingerprint density at radius 2 is 1.95 bits per heavy atom. The van der Waals surface area contributed by atoms with Gasteiger partial charge in [0.25, 0.3) is 5.91 Å². The molecule has 0 spiro atoms. The van der Waals surface area contributed by atoms with E-state index in [1.165, 1.54) is 7.11 Å². The minimum Gasteiger partial charge on any atom is -0.497 e. The van der Waals surface area contributed by atoms with Gasteiger partial charge in [0.05, 0.1) is 36.2 Å². The van der Waals surface area contributed by atoms with Crippen LogP contribution in [0, 0.1) is 23.2 Å². The molecule has 4 rings (SSSR count). The monoisotopic (exact) mass is 654 g/mol. The summed E-state index contributed by atoms with van der Waals surface area (Å²) >= 11 is 3.54. The molecule has 2 aliphatic rings. The van der Waals surface area contributed by atoms with Crippen molar-refractivity contribution < 1.29 is 22.7 Å². The quantitative estimate of drug-likeness (QED) is 0.296. The fourth-order valence-corrected chi connectivity index (χ4v) is 7.44. The highest BCUT2D eigenvalue weighted by atomic mass is 79.9. The van der Waals surface area contributed by atoms with Gasteiger partial charge in [-0.15, -0.1) is 0 Å². The van der Waals surface area contributed by atoms with E-state index in [1.807, 2.05) is 0 Å². The largest absolute Gasteiger partial charge is 0.497 e.